The van der Waals surface area contributed by atoms with Crippen LogP contribution in [-0.4, -0.2) is 42.9 Å². The summed E-state index contributed by atoms with van der Waals surface area (Å²) in [4.78, 5) is 18.7. The van der Waals surface area contributed by atoms with Crippen molar-refractivity contribution < 1.29 is 9.21 Å². The van der Waals surface area contributed by atoms with Gasteiger partial charge < -0.3 is 20.0 Å². The van der Waals surface area contributed by atoms with E-state index in [1.807, 2.05) is 19.1 Å². The molecule has 134 valence electrons. The number of hydrogen-bond donors (Lipinski definition) is 2. The summed E-state index contributed by atoms with van der Waals surface area (Å²) in [6, 6.07) is 3.65. The third-order valence-corrected chi connectivity index (χ3v) is 4.14. The molecule has 2 heterocycles. The van der Waals surface area contributed by atoms with Crippen molar-refractivity contribution in [2.24, 2.45) is 16.8 Å². The summed E-state index contributed by atoms with van der Waals surface area (Å²) in [6.07, 6.45) is 4.05. The molecule has 0 radical (unpaired) electrons. The van der Waals surface area contributed by atoms with E-state index in [0.717, 1.165) is 43.2 Å². The average molecular weight is 334 g/mol. The van der Waals surface area contributed by atoms with Crippen LogP contribution in [0.25, 0.3) is 0 Å². The van der Waals surface area contributed by atoms with Crippen LogP contribution in [-0.2, 0) is 11.3 Å². The molecule has 1 aromatic rings. The SMILES string of the molecule is CCNC(=NCC(=O)NCc1ccco1)N1CCC(CC(C)C)C1. The predicted octanol–water partition coefficient (Wildman–Crippen LogP) is 2.23. The Morgan fingerprint density at radius 2 is 2.29 bits per heavy atom. The molecule has 2 rings (SSSR count). The lowest BCUT2D eigenvalue weighted by Gasteiger charge is -2.22. The van der Waals surface area contributed by atoms with E-state index in [-0.39, 0.29) is 12.5 Å². The van der Waals surface area contributed by atoms with Crippen molar-refractivity contribution in [3.63, 3.8) is 0 Å². The van der Waals surface area contributed by atoms with Gasteiger partial charge in [0.1, 0.15) is 12.3 Å². The van der Waals surface area contributed by atoms with Crippen LogP contribution in [0.3, 0.4) is 0 Å². The fourth-order valence-electron chi connectivity index (χ4n) is 3.11. The van der Waals surface area contributed by atoms with Crippen LogP contribution in [0.15, 0.2) is 27.8 Å². The molecule has 1 aromatic heterocycles. The minimum absolute atomic E-state index is 0.0975. The highest BCUT2D eigenvalue weighted by Gasteiger charge is 2.25. The fourth-order valence-corrected chi connectivity index (χ4v) is 3.11. The molecule has 1 aliphatic rings. The minimum atomic E-state index is -0.0975. The second-order valence-electron chi connectivity index (χ2n) is 6.76. The van der Waals surface area contributed by atoms with E-state index >= 15 is 0 Å². The van der Waals surface area contributed by atoms with E-state index in [4.69, 9.17) is 4.42 Å². The molecule has 1 aliphatic heterocycles. The van der Waals surface area contributed by atoms with Gasteiger partial charge in [-0.2, -0.15) is 0 Å². The van der Waals surface area contributed by atoms with Gasteiger partial charge in [0.15, 0.2) is 5.96 Å². The summed E-state index contributed by atoms with van der Waals surface area (Å²) < 4.78 is 5.20. The zero-order chi connectivity index (χ0) is 17.4. The van der Waals surface area contributed by atoms with Crippen molar-refractivity contribution in [2.75, 3.05) is 26.2 Å². The zero-order valence-electron chi connectivity index (χ0n) is 15.0. The van der Waals surface area contributed by atoms with Crippen molar-refractivity contribution >= 4 is 11.9 Å². The number of aliphatic imine (C=N–C) groups is 1. The second kappa shape index (κ2) is 9.35. The van der Waals surface area contributed by atoms with Crippen LogP contribution in [0, 0.1) is 11.8 Å². The Kier molecular flexibility index (Phi) is 7.15. The molecule has 0 spiro atoms. The predicted molar refractivity (Wildman–Crippen MR) is 95.7 cm³/mol. The molecule has 0 aliphatic carbocycles. The zero-order valence-corrected chi connectivity index (χ0v) is 15.0. The highest BCUT2D eigenvalue weighted by molar-refractivity contribution is 5.85. The van der Waals surface area contributed by atoms with Crippen LogP contribution in [0.5, 0.6) is 0 Å². The summed E-state index contributed by atoms with van der Waals surface area (Å²) in [5, 5.41) is 6.12. The molecule has 0 saturated carbocycles. The van der Waals surface area contributed by atoms with Gasteiger partial charge >= 0.3 is 0 Å². The summed E-state index contributed by atoms with van der Waals surface area (Å²) in [7, 11) is 0. The number of carbonyl (C=O) groups excluding carboxylic acids is 1. The topological polar surface area (TPSA) is 69.9 Å². The molecule has 1 amide bonds. The number of likely N-dealkylation sites (tertiary alicyclic amines) is 1. The minimum Gasteiger partial charge on any atom is -0.467 e. The van der Waals surface area contributed by atoms with Gasteiger partial charge in [0.25, 0.3) is 0 Å². The molecule has 24 heavy (non-hydrogen) atoms. The summed E-state index contributed by atoms with van der Waals surface area (Å²) in [5.41, 5.74) is 0. The van der Waals surface area contributed by atoms with E-state index < -0.39 is 0 Å². The van der Waals surface area contributed by atoms with Gasteiger partial charge in [-0.25, -0.2) is 4.99 Å². The quantitative estimate of drug-likeness (QED) is 0.593. The van der Waals surface area contributed by atoms with E-state index in [0.29, 0.717) is 6.54 Å². The molecule has 1 unspecified atom stereocenters. The number of carbonyl (C=O) groups is 1. The van der Waals surface area contributed by atoms with Crippen molar-refractivity contribution in [1.29, 1.82) is 0 Å². The van der Waals surface area contributed by atoms with Gasteiger partial charge in [0, 0.05) is 19.6 Å². The fraction of sp³-hybridized carbons (Fsp3) is 0.667. The van der Waals surface area contributed by atoms with Gasteiger partial charge in [0.2, 0.25) is 5.91 Å². The van der Waals surface area contributed by atoms with E-state index in [1.165, 1.54) is 12.8 Å². The van der Waals surface area contributed by atoms with Crippen LogP contribution >= 0.6 is 0 Å². The monoisotopic (exact) mass is 334 g/mol. The van der Waals surface area contributed by atoms with E-state index in [9.17, 15) is 4.79 Å². The average Bonchev–Trinajstić information content (AvgIpc) is 3.20. The third kappa shape index (κ3) is 5.91. The van der Waals surface area contributed by atoms with Gasteiger partial charge in [-0.05, 0) is 43.7 Å². The number of guanidine groups is 1. The third-order valence-electron chi connectivity index (χ3n) is 4.14. The van der Waals surface area contributed by atoms with Gasteiger partial charge in [-0.3, -0.25) is 4.79 Å². The molecule has 0 bridgehead atoms. The highest BCUT2D eigenvalue weighted by Crippen LogP contribution is 2.23. The number of hydrogen-bond acceptors (Lipinski definition) is 3. The van der Waals surface area contributed by atoms with Crippen LogP contribution < -0.4 is 10.6 Å². The molecule has 0 aromatic carbocycles. The number of nitrogens with zero attached hydrogens (tertiary/aromatic N) is 2. The molecular formula is C18H30N4O2. The first-order valence-electron chi connectivity index (χ1n) is 8.90. The van der Waals surface area contributed by atoms with Crippen LogP contribution in [0.1, 0.15) is 39.4 Å². The Labute approximate surface area is 144 Å². The van der Waals surface area contributed by atoms with Gasteiger partial charge in [-0.15, -0.1) is 0 Å². The Hall–Kier alpha value is -1.98. The lowest BCUT2D eigenvalue weighted by molar-refractivity contribution is -0.119. The largest absolute Gasteiger partial charge is 0.467 e. The normalized spacial score (nSPS) is 18.2. The molecule has 6 nitrogen and oxygen atoms in total. The van der Waals surface area contributed by atoms with Crippen LogP contribution in [0.4, 0.5) is 0 Å². The number of furan rings is 1. The number of rotatable bonds is 7. The van der Waals surface area contributed by atoms with E-state index in [2.05, 4.69) is 34.4 Å². The first-order chi connectivity index (χ1) is 11.6. The molecule has 1 atom stereocenters. The van der Waals surface area contributed by atoms with Gasteiger partial charge in [0.05, 0.1) is 12.8 Å². The summed E-state index contributed by atoms with van der Waals surface area (Å²) in [5.74, 6) is 2.94. The number of amides is 1. The molecular weight excluding hydrogens is 304 g/mol. The lowest BCUT2D eigenvalue weighted by Crippen LogP contribution is -2.41. The maximum atomic E-state index is 12.0. The maximum Gasteiger partial charge on any atom is 0.242 e. The second-order valence-corrected chi connectivity index (χ2v) is 6.76. The first-order valence-corrected chi connectivity index (χ1v) is 8.90. The lowest BCUT2D eigenvalue weighted by atomic mass is 9.97. The summed E-state index contributed by atoms with van der Waals surface area (Å²) >= 11 is 0. The van der Waals surface area contributed by atoms with Gasteiger partial charge in [-0.1, -0.05) is 13.8 Å². The summed E-state index contributed by atoms with van der Waals surface area (Å²) in [6.45, 7) is 9.96. The smallest absolute Gasteiger partial charge is 0.242 e. The Bertz CT molecular complexity index is 525. The molecule has 1 fully saturated rings. The van der Waals surface area contributed by atoms with Crippen molar-refractivity contribution in [3.05, 3.63) is 24.2 Å². The standard InChI is InChI=1S/C18H30N4O2/c1-4-19-18(22-8-7-15(13-22)10-14(2)3)21-12-17(23)20-11-16-6-5-9-24-16/h5-6,9,14-15H,4,7-8,10-13H2,1-3H3,(H,19,21)(H,20,23). The first kappa shape index (κ1) is 18.4. The van der Waals surface area contributed by atoms with E-state index in [1.54, 1.807) is 6.26 Å². The van der Waals surface area contributed by atoms with Crippen LogP contribution in [0.2, 0.25) is 0 Å². The molecule has 6 heteroatoms. The van der Waals surface area contributed by atoms with Crippen molar-refractivity contribution in [1.82, 2.24) is 15.5 Å². The molecule has 2 N–H and O–H groups in total. The Morgan fingerprint density at radius 3 is 2.96 bits per heavy atom. The Morgan fingerprint density at radius 1 is 1.46 bits per heavy atom. The van der Waals surface area contributed by atoms with Crippen molar-refractivity contribution in [3.8, 4) is 0 Å². The Balaban J connectivity index is 1.82. The molecule has 1 saturated heterocycles. The van der Waals surface area contributed by atoms with Crippen molar-refractivity contribution in [2.45, 2.75) is 40.2 Å². The highest BCUT2D eigenvalue weighted by atomic mass is 16.3. The number of nitrogens with one attached hydrogen (secondary N) is 2. The maximum absolute atomic E-state index is 12.0.